The molecule has 0 aliphatic carbocycles. The first-order chi connectivity index (χ1) is 18.4. The van der Waals surface area contributed by atoms with Gasteiger partial charge in [-0.05, 0) is 68.7 Å². The number of sulfonamides is 1. The number of amides is 2. The fraction of sp³-hybridized carbons (Fsp3) is 0.310. The number of halogens is 2. The number of aryl methyl sites for hydroxylation is 1. The highest BCUT2D eigenvalue weighted by molar-refractivity contribution is 7.92. The lowest BCUT2D eigenvalue weighted by atomic mass is 10.1. The maximum absolute atomic E-state index is 14.0. The minimum atomic E-state index is -4.12. The Morgan fingerprint density at radius 1 is 0.949 bits per heavy atom. The van der Waals surface area contributed by atoms with Crippen molar-refractivity contribution in [3.05, 3.63) is 94.0 Å². The number of rotatable bonds is 11. The molecule has 0 radical (unpaired) electrons. The first kappa shape index (κ1) is 30.5. The third kappa shape index (κ3) is 7.53. The Bertz CT molecular complexity index is 1420. The summed E-state index contributed by atoms with van der Waals surface area (Å²) in [6.45, 7) is 6.68. The van der Waals surface area contributed by atoms with E-state index in [2.05, 4.69) is 5.32 Å². The summed E-state index contributed by atoms with van der Waals surface area (Å²) in [5.74, 6) is -0.910. The van der Waals surface area contributed by atoms with Gasteiger partial charge in [0.15, 0.2) is 0 Å². The second-order valence-electron chi connectivity index (χ2n) is 9.36. The van der Waals surface area contributed by atoms with E-state index in [0.717, 1.165) is 4.31 Å². The molecule has 0 saturated heterocycles. The third-order valence-electron chi connectivity index (χ3n) is 6.52. The van der Waals surface area contributed by atoms with Crippen LogP contribution < -0.4 is 9.62 Å². The number of nitrogens with zero attached hydrogens (tertiary/aromatic N) is 2. The molecule has 0 heterocycles. The van der Waals surface area contributed by atoms with Crippen LogP contribution in [-0.2, 0) is 26.2 Å². The quantitative estimate of drug-likeness (QED) is 0.305. The standard InChI is InChI=1S/C29H33Cl2N3O4S/c1-5-21(3)32-29(36)22(4)33(18-23-15-16-24(30)17-26(23)31)28(35)19-34(27-14-10-9-11-20(27)2)39(37,38)25-12-7-6-8-13-25/h6-17,21-22H,5,18-19H2,1-4H3,(H,32,36)/t21-,22-/m0/s1. The summed E-state index contributed by atoms with van der Waals surface area (Å²) in [4.78, 5) is 28.5. The zero-order valence-electron chi connectivity index (χ0n) is 22.4. The fourth-order valence-corrected chi connectivity index (χ4v) is 5.93. The lowest BCUT2D eigenvalue weighted by Gasteiger charge is -2.33. The molecule has 2 atom stereocenters. The van der Waals surface area contributed by atoms with E-state index >= 15 is 0 Å². The molecule has 0 spiro atoms. The van der Waals surface area contributed by atoms with Crippen LogP contribution in [0.1, 0.15) is 38.3 Å². The Hall–Kier alpha value is -3.07. The van der Waals surface area contributed by atoms with Crippen LogP contribution in [0, 0.1) is 6.92 Å². The average molecular weight is 591 g/mol. The molecule has 10 heteroatoms. The molecular weight excluding hydrogens is 557 g/mol. The van der Waals surface area contributed by atoms with Gasteiger partial charge in [-0.25, -0.2) is 8.42 Å². The summed E-state index contributed by atoms with van der Waals surface area (Å²) < 4.78 is 28.7. The number of para-hydroxylation sites is 1. The number of anilines is 1. The van der Waals surface area contributed by atoms with Crippen molar-refractivity contribution in [3.63, 3.8) is 0 Å². The van der Waals surface area contributed by atoms with Gasteiger partial charge in [-0.2, -0.15) is 0 Å². The normalized spacial score (nSPS) is 12.9. The summed E-state index contributed by atoms with van der Waals surface area (Å²) in [6, 6.07) is 18.8. The lowest BCUT2D eigenvalue weighted by molar-refractivity contribution is -0.139. The van der Waals surface area contributed by atoms with Crippen molar-refractivity contribution in [2.45, 2.75) is 57.6 Å². The van der Waals surface area contributed by atoms with Crippen LogP contribution >= 0.6 is 23.2 Å². The van der Waals surface area contributed by atoms with Crippen LogP contribution in [0.3, 0.4) is 0 Å². The van der Waals surface area contributed by atoms with E-state index in [1.165, 1.54) is 17.0 Å². The van der Waals surface area contributed by atoms with Crippen molar-refractivity contribution in [2.24, 2.45) is 0 Å². The average Bonchev–Trinajstić information content (AvgIpc) is 2.91. The van der Waals surface area contributed by atoms with E-state index in [4.69, 9.17) is 23.2 Å². The molecule has 3 rings (SSSR count). The van der Waals surface area contributed by atoms with Crippen LogP contribution in [0.15, 0.2) is 77.7 Å². The molecule has 0 aromatic heterocycles. The van der Waals surface area contributed by atoms with E-state index in [-0.39, 0.29) is 23.4 Å². The van der Waals surface area contributed by atoms with Crippen LogP contribution in [0.2, 0.25) is 10.0 Å². The number of hydrogen-bond donors (Lipinski definition) is 1. The molecule has 0 saturated carbocycles. The first-order valence-corrected chi connectivity index (χ1v) is 14.8. The van der Waals surface area contributed by atoms with E-state index in [1.807, 2.05) is 13.8 Å². The zero-order valence-corrected chi connectivity index (χ0v) is 24.7. The molecule has 0 fully saturated rings. The van der Waals surface area contributed by atoms with Crippen LogP contribution in [0.4, 0.5) is 5.69 Å². The Balaban J connectivity index is 2.05. The summed E-state index contributed by atoms with van der Waals surface area (Å²) in [5.41, 5.74) is 1.63. The van der Waals surface area contributed by atoms with Crippen molar-refractivity contribution < 1.29 is 18.0 Å². The van der Waals surface area contributed by atoms with Crippen LogP contribution in [0.25, 0.3) is 0 Å². The lowest BCUT2D eigenvalue weighted by Crippen LogP contribution is -2.52. The molecule has 1 N–H and O–H groups in total. The molecule has 0 unspecified atom stereocenters. The molecule has 7 nitrogen and oxygen atoms in total. The van der Waals surface area contributed by atoms with Crippen molar-refractivity contribution in [3.8, 4) is 0 Å². The van der Waals surface area contributed by atoms with Gasteiger partial charge in [0.2, 0.25) is 11.8 Å². The first-order valence-electron chi connectivity index (χ1n) is 12.6. The van der Waals surface area contributed by atoms with Gasteiger partial charge in [0, 0.05) is 22.6 Å². The highest BCUT2D eigenvalue weighted by Crippen LogP contribution is 2.28. The van der Waals surface area contributed by atoms with Crippen molar-refractivity contribution in [1.29, 1.82) is 0 Å². The van der Waals surface area contributed by atoms with Gasteiger partial charge in [0.1, 0.15) is 12.6 Å². The monoisotopic (exact) mass is 589 g/mol. The second-order valence-corrected chi connectivity index (χ2v) is 12.1. The minimum absolute atomic E-state index is 0.0169. The number of carbonyl (C=O) groups is 2. The number of carbonyl (C=O) groups excluding carboxylic acids is 2. The molecule has 208 valence electrons. The summed E-state index contributed by atoms with van der Waals surface area (Å²) in [6.07, 6.45) is 0.714. The Morgan fingerprint density at radius 3 is 2.21 bits per heavy atom. The predicted molar refractivity (Wildman–Crippen MR) is 157 cm³/mol. The molecule has 2 amide bonds. The van der Waals surface area contributed by atoms with E-state index in [0.29, 0.717) is 33.3 Å². The molecule has 39 heavy (non-hydrogen) atoms. The smallest absolute Gasteiger partial charge is 0.264 e. The van der Waals surface area contributed by atoms with E-state index in [9.17, 15) is 18.0 Å². The van der Waals surface area contributed by atoms with Crippen LogP contribution in [-0.4, -0.2) is 43.8 Å². The van der Waals surface area contributed by atoms with Gasteiger partial charge in [0.25, 0.3) is 10.0 Å². The molecule has 3 aromatic carbocycles. The highest BCUT2D eigenvalue weighted by atomic mass is 35.5. The van der Waals surface area contributed by atoms with Crippen LogP contribution in [0.5, 0.6) is 0 Å². The van der Waals surface area contributed by atoms with Crippen molar-refractivity contribution >= 4 is 50.7 Å². The highest BCUT2D eigenvalue weighted by Gasteiger charge is 2.33. The van der Waals surface area contributed by atoms with E-state index in [1.54, 1.807) is 74.5 Å². The zero-order chi connectivity index (χ0) is 28.7. The second kappa shape index (κ2) is 13.3. The summed E-state index contributed by atoms with van der Waals surface area (Å²) >= 11 is 12.5. The summed E-state index contributed by atoms with van der Waals surface area (Å²) in [5, 5.41) is 3.68. The number of benzene rings is 3. The van der Waals surface area contributed by atoms with Crippen molar-refractivity contribution in [1.82, 2.24) is 10.2 Å². The van der Waals surface area contributed by atoms with Gasteiger partial charge in [-0.3, -0.25) is 13.9 Å². The fourth-order valence-electron chi connectivity index (χ4n) is 3.96. The topological polar surface area (TPSA) is 86.8 Å². The summed E-state index contributed by atoms with van der Waals surface area (Å²) in [7, 11) is -4.12. The Labute approximate surface area is 240 Å². The maximum atomic E-state index is 14.0. The maximum Gasteiger partial charge on any atom is 0.264 e. The number of hydrogen-bond acceptors (Lipinski definition) is 4. The Kier molecular flexibility index (Phi) is 10.4. The molecule has 3 aromatic rings. The van der Waals surface area contributed by atoms with Crippen molar-refractivity contribution in [2.75, 3.05) is 10.8 Å². The van der Waals surface area contributed by atoms with Gasteiger partial charge in [0.05, 0.1) is 10.6 Å². The van der Waals surface area contributed by atoms with Gasteiger partial charge in [-0.15, -0.1) is 0 Å². The van der Waals surface area contributed by atoms with Gasteiger partial charge >= 0.3 is 0 Å². The predicted octanol–water partition coefficient (Wildman–Crippen LogP) is 5.83. The number of nitrogens with one attached hydrogen (secondary N) is 1. The third-order valence-corrected chi connectivity index (χ3v) is 8.88. The molecule has 0 aliphatic heterocycles. The Morgan fingerprint density at radius 2 is 1.59 bits per heavy atom. The van der Waals surface area contributed by atoms with Gasteiger partial charge in [-0.1, -0.05) is 72.6 Å². The van der Waals surface area contributed by atoms with E-state index < -0.39 is 28.5 Å². The minimum Gasteiger partial charge on any atom is -0.352 e. The molecular formula is C29H33Cl2N3O4S. The SMILES string of the molecule is CC[C@H](C)NC(=O)[C@H](C)N(Cc1ccc(Cl)cc1Cl)C(=O)CN(c1ccccc1C)S(=O)(=O)c1ccccc1. The molecule has 0 aliphatic rings. The van der Waals surface area contributed by atoms with Gasteiger partial charge < -0.3 is 10.2 Å². The largest absolute Gasteiger partial charge is 0.352 e. The molecule has 0 bridgehead atoms.